The molecule has 0 amide bonds. The zero-order valence-corrected chi connectivity index (χ0v) is 12.6. The van der Waals surface area contributed by atoms with Crippen molar-refractivity contribution in [3.8, 4) is 11.5 Å². The Morgan fingerprint density at radius 3 is 2.48 bits per heavy atom. The molecule has 23 heavy (non-hydrogen) atoms. The summed E-state index contributed by atoms with van der Waals surface area (Å²) in [6.45, 7) is -0.0643. The molecule has 0 bridgehead atoms. The first kappa shape index (κ1) is 15.5. The summed E-state index contributed by atoms with van der Waals surface area (Å²) in [6.07, 6.45) is -0.934. The Morgan fingerprint density at radius 2 is 1.83 bits per heavy atom. The molecule has 118 valence electrons. The first-order valence-electron chi connectivity index (χ1n) is 6.80. The minimum Gasteiger partial charge on any atom is -0.388 e. The number of benzene rings is 2. The topological polar surface area (TPSA) is 68.3 Å². The Labute approximate surface area is 135 Å². The SMILES string of the molecule is O=c1oc(-c2ccc(F)cc2)nn1CC(O)c1ccc(Cl)cc1. The Kier molecular flexibility index (Phi) is 4.27. The third-order valence-electron chi connectivity index (χ3n) is 3.30. The van der Waals surface area contributed by atoms with Crippen LogP contribution in [0.2, 0.25) is 5.02 Å². The van der Waals surface area contributed by atoms with Gasteiger partial charge in [0.1, 0.15) is 5.82 Å². The molecule has 0 aliphatic carbocycles. The third-order valence-corrected chi connectivity index (χ3v) is 3.55. The van der Waals surface area contributed by atoms with Gasteiger partial charge in [0.25, 0.3) is 0 Å². The Morgan fingerprint density at radius 1 is 1.17 bits per heavy atom. The summed E-state index contributed by atoms with van der Waals surface area (Å²) in [5.74, 6) is -1.02. The van der Waals surface area contributed by atoms with Crippen molar-refractivity contribution in [2.24, 2.45) is 0 Å². The fraction of sp³-hybridized carbons (Fsp3) is 0.125. The van der Waals surface area contributed by atoms with Crippen molar-refractivity contribution < 1.29 is 13.9 Å². The number of rotatable bonds is 4. The molecule has 0 aliphatic rings. The highest BCUT2D eigenvalue weighted by Crippen LogP contribution is 2.19. The van der Waals surface area contributed by atoms with Crippen LogP contribution >= 0.6 is 11.6 Å². The molecule has 5 nitrogen and oxygen atoms in total. The number of nitrogens with zero attached hydrogens (tertiary/aromatic N) is 2. The summed E-state index contributed by atoms with van der Waals surface area (Å²) in [5, 5.41) is 14.7. The van der Waals surface area contributed by atoms with E-state index in [1.54, 1.807) is 24.3 Å². The fourth-order valence-electron chi connectivity index (χ4n) is 2.08. The van der Waals surface area contributed by atoms with E-state index in [-0.39, 0.29) is 12.4 Å². The first-order chi connectivity index (χ1) is 11.0. The van der Waals surface area contributed by atoms with Gasteiger partial charge in [-0.2, -0.15) is 4.68 Å². The zero-order chi connectivity index (χ0) is 16.4. The van der Waals surface area contributed by atoms with Gasteiger partial charge in [0.05, 0.1) is 12.6 Å². The van der Waals surface area contributed by atoms with Crippen molar-refractivity contribution in [2.75, 3.05) is 0 Å². The van der Waals surface area contributed by atoms with Gasteiger partial charge in [-0.3, -0.25) is 0 Å². The van der Waals surface area contributed by atoms with Crippen LogP contribution in [0.4, 0.5) is 4.39 Å². The molecular weight excluding hydrogens is 323 g/mol. The average Bonchev–Trinajstić information content (AvgIpc) is 2.89. The molecule has 0 aliphatic heterocycles. The van der Waals surface area contributed by atoms with Gasteiger partial charge in [-0.15, -0.1) is 5.10 Å². The molecule has 7 heteroatoms. The molecule has 3 rings (SSSR count). The van der Waals surface area contributed by atoms with Crippen molar-refractivity contribution in [3.63, 3.8) is 0 Å². The summed E-state index contributed by atoms with van der Waals surface area (Å²) in [6, 6.07) is 12.0. The van der Waals surface area contributed by atoms with E-state index in [0.717, 1.165) is 4.68 Å². The predicted molar refractivity (Wildman–Crippen MR) is 82.6 cm³/mol. The second-order valence-electron chi connectivity index (χ2n) is 4.93. The average molecular weight is 335 g/mol. The Bertz CT molecular complexity index is 856. The van der Waals surface area contributed by atoms with Crippen LogP contribution in [0.15, 0.2) is 57.7 Å². The van der Waals surface area contributed by atoms with Crippen molar-refractivity contribution in [3.05, 3.63) is 75.5 Å². The second-order valence-corrected chi connectivity index (χ2v) is 5.37. The lowest BCUT2D eigenvalue weighted by atomic mass is 10.1. The summed E-state index contributed by atoms with van der Waals surface area (Å²) in [7, 11) is 0. The van der Waals surface area contributed by atoms with Crippen LogP contribution in [0, 0.1) is 5.82 Å². The molecule has 1 heterocycles. The number of hydrogen-bond donors (Lipinski definition) is 1. The maximum Gasteiger partial charge on any atom is 0.437 e. The molecule has 1 aromatic heterocycles. The van der Waals surface area contributed by atoms with Gasteiger partial charge < -0.3 is 9.52 Å². The van der Waals surface area contributed by atoms with Crippen LogP contribution in [-0.2, 0) is 6.54 Å². The van der Waals surface area contributed by atoms with Gasteiger partial charge in [0.15, 0.2) is 0 Å². The number of aromatic nitrogens is 2. The number of aliphatic hydroxyl groups is 1. The van der Waals surface area contributed by atoms with Gasteiger partial charge >= 0.3 is 5.76 Å². The monoisotopic (exact) mass is 334 g/mol. The molecule has 1 unspecified atom stereocenters. The highest BCUT2D eigenvalue weighted by atomic mass is 35.5. The highest BCUT2D eigenvalue weighted by molar-refractivity contribution is 6.30. The van der Waals surface area contributed by atoms with E-state index >= 15 is 0 Å². The quantitative estimate of drug-likeness (QED) is 0.796. The fourth-order valence-corrected chi connectivity index (χ4v) is 2.21. The molecule has 1 N–H and O–H groups in total. The molecule has 0 radical (unpaired) electrons. The largest absolute Gasteiger partial charge is 0.437 e. The van der Waals surface area contributed by atoms with E-state index in [1.165, 1.54) is 24.3 Å². The predicted octanol–water partition coefficient (Wildman–Crippen LogP) is 3.03. The van der Waals surface area contributed by atoms with Crippen LogP contribution in [0.3, 0.4) is 0 Å². The molecular formula is C16H12ClFN2O3. The Balaban J connectivity index is 1.82. The number of hydrogen-bond acceptors (Lipinski definition) is 4. The van der Waals surface area contributed by atoms with E-state index < -0.39 is 17.7 Å². The second kappa shape index (κ2) is 6.36. The van der Waals surface area contributed by atoms with Crippen molar-refractivity contribution in [1.82, 2.24) is 9.78 Å². The minimum absolute atomic E-state index is 0.0643. The maximum atomic E-state index is 12.9. The summed E-state index contributed by atoms with van der Waals surface area (Å²) in [4.78, 5) is 11.8. The molecule has 0 saturated heterocycles. The van der Waals surface area contributed by atoms with E-state index in [1.807, 2.05) is 0 Å². The molecule has 0 saturated carbocycles. The van der Waals surface area contributed by atoms with Crippen LogP contribution in [0.5, 0.6) is 0 Å². The van der Waals surface area contributed by atoms with Gasteiger partial charge in [0.2, 0.25) is 5.89 Å². The molecule has 2 aromatic carbocycles. The van der Waals surface area contributed by atoms with Crippen LogP contribution < -0.4 is 5.76 Å². The van der Waals surface area contributed by atoms with Gasteiger partial charge in [-0.1, -0.05) is 23.7 Å². The summed E-state index contributed by atoms with van der Waals surface area (Å²) < 4.78 is 19.0. The van der Waals surface area contributed by atoms with Gasteiger partial charge in [0, 0.05) is 10.6 Å². The maximum absolute atomic E-state index is 12.9. The van der Waals surface area contributed by atoms with Crippen molar-refractivity contribution in [1.29, 1.82) is 0 Å². The van der Waals surface area contributed by atoms with E-state index in [4.69, 9.17) is 16.0 Å². The normalized spacial score (nSPS) is 12.3. The minimum atomic E-state index is -0.934. The van der Waals surface area contributed by atoms with Gasteiger partial charge in [-0.25, -0.2) is 9.18 Å². The lowest BCUT2D eigenvalue weighted by Crippen LogP contribution is -2.20. The highest BCUT2D eigenvalue weighted by Gasteiger charge is 2.15. The van der Waals surface area contributed by atoms with E-state index in [2.05, 4.69) is 5.10 Å². The molecule has 0 fully saturated rings. The van der Waals surface area contributed by atoms with E-state index in [0.29, 0.717) is 16.1 Å². The smallest absolute Gasteiger partial charge is 0.388 e. The van der Waals surface area contributed by atoms with Crippen LogP contribution in [0.25, 0.3) is 11.5 Å². The zero-order valence-electron chi connectivity index (χ0n) is 11.8. The summed E-state index contributed by atoms with van der Waals surface area (Å²) in [5.41, 5.74) is 1.08. The number of halogens is 2. The van der Waals surface area contributed by atoms with Crippen molar-refractivity contribution in [2.45, 2.75) is 12.6 Å². The van der Waals surface area contributed by atoms with Gasteiger partial charge in [-0.05, 0) is 42.0 Å². The Hall–Kier alpha value is -2.44. The molecule has 3 aromatic rings. The third kappa shape index (κ3) is 3.49. The van der Waals surface area contributed by atoms with Crippen LogP contribution in [-0.4, -0.2) is 14.9 Å². The van der Waals surface area contributed by atoms with Crippen LogP contribution in [0.1, 0.15) is 11.7 Å². The first-order valence-corrected chi connectivity index (χ1v) is 7.18. The molecule has 1 atom stereocenters. The van der Waals surface area contributed by atoms with E-state index in [9.17, 15) is 14.3 Å². The number of aliphatic hydroxyl groups excluding tert-OH is 1. The lowest BCUT2D eigenvalue weighted by molar-refractivity contribution is 0.148. The molecule has 0 spiro atoms. The van der Waals surface area contributed by atoms with Crippen molar-refractivity contribution >= 4 is 11.6 Å². The summed E-state index contributed by atoms with van der Waals surface area (Å²) >= 11 is 5.79. The standard InChI is InChI=1S/C16H12ClFN2O3/c17-12-5-1-10(2-6-12)14(21)9-20-16(22)23-15(19-20)11-3-7-13(18)8-4-11/h1-8,14,21H,9H2. The lowest BCUT2D eigenvalue weighted by Gasteiger charge is -2.09.